The van der Waals surface area contributed by atoms with Gasteiger partial charge in [-0.1, -0.05) is 37.3 Å². The van der Waals surface area contributed by atoms with E-state index >= 15 is 0 Å². The Bertz CT molecular complexity index is 936. The van der Waals surface area contributed by atoms with E-state index in [9.17, 15) is 4.79 Å². The van der Waals surface area contributed by atoms with Gasteiger partial charge in [0, 0.05) is 23.7 Å². The number of fused-ring (bicyclic) bond motifs is 1. The van der Waals surface area contributed by atoms with Gasteiger partial charge in [-0.05, 0) is 19.4 Å². The molecule has 8 heteroatoms. The fourth-order valence-corrected chi connectivity index (χ4v) is 3.56. The molecule has 2 N–H and O–H groups in total. The highest BCUT2D eigenvalue weighted by molar-refractivity contribution is 5.69. The summed E-state index contributed by atoms with van der Waals surface area (Å²) in [5.74, 6) is 0.621. The van der Waals surface area contributed by atoms with Crippen molar-refractivity contribution in [2.24, 2.45) is 0 Å². The summed E-state index contributed by atoms with van der Waals surface area (Å²) >= 11 is 0. The Labute approximate surface area is 156 Å². The van der Waals surface area contributed by atoms with E-state index < -0.39 is 5.97 Å². The van der Waals surface area contributed by atoms with E-state index in [-0.39, 0.29) is 12.6 Å². The number of aromatic nitrogens is 4. The molecular formula is C19H22N6O2. The Morgan fingerprint density at radius 1 is 1.33 bits per heavy atom. The van der Waals surface area contributed by atoms with E-state index in [0.717, 1.165) is 36.5 Å². The van der Waals surface area contributed by atoms with Crippen LogP contribution < -0.4 is 5.32 Å². The Kier molecular flexibility index (Phi) is 4.72. The number of carboxylic acids is 1. The highest BCUT2D eigenvalue weighted by atomic mass is 16.4. The topological polar surface area (TPSA) is 95.7 Å². The molecular weight excluding hydrogens is 344 g/mol. The summed E-state index contributed by atoms with van der Waals surface area (Å²) < 4.78 is 1.70. The summed E-state index contributed by atoms with van der Waals surface area (Å²) in [6.45, 7) is 2.83. The minimum atomic E-state index is -0.779. The molecule has 0 amide bonds. The Hall–Kier alpha value is -3.00. The second-order valence-corrected chi connectivity index (χ2v) is 6.79. The molecule has 0 spiro atoms. The van der Waals surface area contributed by atoms with Crippen molar-refractivity contribution in [1.82, 2.24) is 24.5 Å². The second kappa shape index (κ2) is 7.32. The highest BCUT2D eigenvalue weighted by Gasteiger charge is 2.34. The predicted octanol–water partition coefficient (Wildman–Crippen LogP) is 2.14. The summed E-state index contributed by atoms with van der Waals surface area (Å²) in [4.78, 5) is 21.8. The minimum Gasteiger partial charge on any atom is -0.480 e. The first-order valence-electron chi connectivity index (χ1n) is 9.12. The van der Waals surface area contributed by atoms with Gasteiger partial charge in [-0.25, -0.2) is 4.98 Å². The lowest BCUT2D eigenvalue weighted by molar-refractivity contribution is -0.139. The van der Waals surface area contributed by atoms with Crippen LogP contribution in [-0.4, -0.2) is 60.7 Å². The van der Waals surface area contributed by atoms with Crippen LogP contribution in [0.2, 0.25) is 0 Å². The lowest BCUT2D eigenvalue weighted by Crippen LogP contribution is -2.51. The van der Waals surface area contributed by atoms with Crippen LogP contribution in [-0.2, 0) is 4.79 Å². The number of likely N-dealkylation sites (N-methyl/N-ethyl adjacent to an activating group) is 1. The molecule has 1 fully saturated rings. The number of hydrogen-bond acceptors (Lipinski definition) is 6. The number of hydrogen-bond donors (Lipinski definition) is 2. The largest absolute Gasteiger partial charge is 0.480 e. The van der Waals surface area contributed by atoms with Crippen LogP contribution in [0.4, 0.5) is 5.82 Å². The van der Waals surface area contributed by atoms with Gasteiger partial charge >= 0.3 is 5.97 Å². The quantitative estimate of drug-likeness (QED) is 0.661. The Morgan fingerprint density at radius 2 is 2.11 bits per heavy atom. The van der Waals surface area contributed by atoms with Gasteiger partial charge < -0.3 is 10.4 Å². The number of rotatable bonds is 7. The summed E-state index contributed by atoms with van der Waals surface area (Å²) in [6, 6.07) is 12.5. The first kappa shape index (κ1) is 17.4. The lowest BCUT2D eigenvalue weighted by Gasteiger charge is -2.42. The molecule has 140 valence electrons. The maximum absolute atomic E-state index is 11.0. The van der Waals surface area contributed by atoms with Crippen molar-refractivity contribution in [2.45, 2.75) is 31.8 Å². The average Bonchev–Trinajstić information content (AvgIpc) is 3.12. The first-order valence-corrected chi connectivity index (χ1v) is 9.12. The van der Waals surface area contributed by atoms with Crippen molar-refractivity contribution in [3.63, 3.8) is 0 Å². The molecule has 0 aliphatic heterocycles. The molecule has 1 aliphatic carbocycles. The summed E-state index contributed by atoms with van der Waals surface area (Å²) in [5, 5.41) is 16.8. The Balaban J connectivity index is 1.51. The molecule has 3 aromatic rings. The van der Waals surface area contributed by atoms with Crippen molar-refractivity contribution in [3.05, 3.63) is 42.7 Å². The van der Waals surface area contributed by atoms with Gasteiger partial charge in [0.05, 0.1) is 12.2 Å². The maximum Gasteiger partial charge on any atom is 0.317 e. The minimum absolute atomic E-state index is 0.0919. The Morgan fingerprint density at radius 3 is 2.81 bits per heavy atom. The molecule has 1 aromatic carbocycles. The molecule has 0 radical (unpaired) electrons. The lowest BCUT2D eigenvalue weighted by atomic mass is 9.85. The number of nitrogens with zero attached hydrogens (tertiary/aromatic N) is 5. The summed E-state index contributed by atoms with van der Waals surface area (Å²) in [5.41, 5.74) is 1.87. The molecule has 4 rings (SSSR count). The van der Waals surface area contributed by atoms with Crippen LogP contribution in [0.1, 0.15) is 19.8 Å². The van der Waals surface area contributed by atoms with Gasteiger partial charge in [0.1, 0.15) is 12.1 Å². The SMILES string of the molecule is CCN(CC(=O)O)C1CC(Nc2cc(-c3ccccc3)nc3ncnn23)C1. The maximum atomic E-state index is 11.0. The van der Waals surface area contributed by atoms with E-state index in [0.29, 0.717) is 11.8 Å². The van der Waals surface area contributed by atoms with Crippen molar-refractivity contribution in [2.75, 3.05) is 18.4 Å². The molecule has 1 aliphatic rings. The smallest absolute Gasteiger partial charge is 0.317 e. The van der Waals surface area contributed by atoms with Crippen LogP contribution in [0, 0.1) is 0 Å². The zero-order valence-corrected chi connectivity index (χ0v) is 15.1. The van der Waals surface area contributed by atoms with Crippen molar-refractivity contribution in [3.8, 4) is 11.3 Å². The van der Waals surface area contributed by atoms with Crippen LogP contribution in [0.15, 0.2) is 42.7 Å². The van der Waals surface area contributed by atoms with Gasteiger partial charge in [0.25, 0.3) is 5.78 Å². The number of anilines is 1. The van der Waals surface area contributed by atoms with Gasteiger partial charge in [0.2, 0.25) is 0 Å². The molecule has 0 unspecified atom stereocenters. The standard InChI is InChI=1S/C19H22N6O2/c1-2-24(11-18(26)27)15-8-14(9-15)22-17-10-16(13-6-4-3-5-7-13)23-19-20-12-21-25(17)19/h3-7,10,12,14-15,22H,2,8-9,11H2,1H3,(H,26,27). The molecule has 0 atom stereocenters. The van der Waals surface area contributed by atoms with Crippen molar-refractivity contribution in [1.29, 1.82) is 0 Å². The van der Waals surface area contributed by atoms with Crippen LogP contribution >= 0.6 is 0 Å². The second-order valence-electron chi connectivity index (χ2n) is 6.79. The zero-order chi connectivity index (χ0) is 18.8. The molecule has 8 nitrogen and oxygen atoms in total. The molecule has 1 saturated carbocycles. The number of aliphatic carboxylic acids is 1. The van der Waals surface area contributed by atoms with E-state index in [2.05, 4.69) is 20.4 Å². The molecule has 27 heavy (non-hydrogen) atoms. The average molecular weight is 366 g/mol. The number of carboxylic acid groups (broad SMARTS) is 1. The molecule has 2 aromatic heterocycles. The van der Waals surface area contributed by atoms with Gasteiger partial charge in [0.15, 0.2) is 0 Å². The fourth-order valence-electron chi connectivity index (χ4n) is 3.56. The van der Waals surface area contributed by atoms with E-state index in [1.807, 2.05) is 48.2 Å². The highest BCUT2D eigenvalue weighted by Crippen LogP contribution is 2.29. The van der Waals surface area contributed by atoms with Gasteiger partial charge in [-0.3, -0.25) is 9.69 Å². The third kappa shape index (κ3) is 3.61. The predicted molar refractivity (Wildman–Crippen MR) is 102 cm³/mol. The van der Waals surface area contributed by atoms with Gasteiger partial charge in [-0.2, -0.15) is 14.6 Å². The summed E-state index contributed by atoms with van der Waals surface area (Å²) in [6.07, 6.45) is 3.30. The van der Waals surface area contributed by atoms with Crippen molar-refractivity contribution < 1.29 is 9.90 Å². The monoisotopic (exact) mass is 366 g/mol. The molecule has 2 heterocycles. The van der Waals surface area contributed by atoms with Crippen LogP contribution in [0.3, 0.4) is 0 Å². The number of benzene rings is 1. The van der Waals surface area contributed by atoms with E-state index in [1.165, 1.54) is 6.33 Å². The zero-order valence-electron chi connectivity index (χ0n) is 15.1. The third-order valence-electron chi connectivity index (χ3n) is 5.05. The number of carbonyl (C=O) groups is 1. The van der Waals surface area contributed by atoms with Crippen LogP contribution in [0.5, 0.6) is 0 Å². The molecule has 0 bridgehead atoms. The van der Waals surface area contributed by atoms with Gasteiger partial charge in [-0.15, -0.1) is 0 Å². The third-order valence-corrected chi connectivity index (χ3v) is 5.05. The first-order chi connectivity index (χ1) is 13.1. The fraction of sp³-hybridized carbons (Fsp3) is 0.368. The summed E-state index contributed by atoms with van der Waals surface area (Å²) in [7, 11) is 0. The van der Waals surface area contributed by atoms with E-state index in [1.54, 1.807) is 4.52 Å². The van der Waals surface area contributed by atoms with Crippen molar-refractivity contribution >= 4 is 17.6 Å². The van der Waals surface area contributed by atoms with E-state index in [4.69, 9.17) is 5.11 Å². The normalized spacial score (nSPS) is 19.2. The van der Waals surface area contributed by atoms with Crippen LogP contribution in [0.25, 0.3) is 17.0 Å². The number of nitrogens with one attached hydrogen (secondary N) is 1. The molecule has 0 saturated heterocycles.